The van der Waals surface area contributed by atoms with Gasteiger partial charge in [-0.15, -0.1) is 0 Å². The van der Waals surface area contributed by atoms with Crippen LogP contribution in [0.3, 0.4) is 0 Å². The summed E-state index contributed by atoms with van der Waals surface area (Å²) >= 11 is 3.48. The fraction of sp³-hybridized carbons (Fsp3) is 0.364. The zero-order valence-corrected chi connectivity index (χ0v) is 17.9. The second-order valence-electron chi connectivity index (χ2n) is 8.19. The molecule has 1 aliphatic rings. The minimum atomic E-state index is -0.502. The number of halogens is 1. The number of aromatic nitrogens is 2. The molecule has 1 aliphatic heterocycles. The van der Waals surface area contributed by atoms with Gasteiger partial charge in [-0.3, -0.25) is 4.90 Å². The van der Waals surface area contributed by atoms with E-state index in [1.807, 2.05) is 39.0 Å². The molecule has 146 valence electrons. The third-order valence-electron chi connectivity index (χ3n) is 4.87. The Morgan fingerprint density at radius 2 is 1.89 bits per heavy atom. The lowest BCUT2D eigenvalue weighted by Gasteiger charge is -2.27. The molecule has 0 radical (unpaired) electrons. The third-order valence-corrected chi connectivity index (χ3v) is 5.40. The number of aromatic amines is 1. The van der Waals surface area contributed by atoms with E-state index in [0.29, 0.717) is 6.54 Å². The number of H-pyrrole nitrogens is 1. The van der Waals surface area contributed by atoms with Gasteiger partial charge in [-0.25, -0.2) is 9.78 Å². The summed E-state index contributed by atoms with van der Waals surface area (Å²) in [5.41, 5.74) is 3.67. The van der Waals surface area contributed by atoms with Crippen molar-refractivity contribution < 1.29 is 9.53 Å². The van der Waals surface area contributed by atoms with Gasteiger partial charge in [0, 0.05) is 11.0 Å². The topological polar surface area (TPSA) is 58.2 Å². The molecule has 1 atom stereocenters. The highest BCUT2D eigenvalue weighted by Gasteiger charge is 2.34. The van der Waals surface area contributed by atoms with Crippen LogP contribution < -0.4 is 0 Å². The van der Waals surface area contributed by atoms with E-state index in [1.54, 1.807) is 4.90 Å². The van der Waals surface area contributed by atoms with E-state index in [2.05, 4.69) is 45.2 Å². The van der Waals surface area contributed by atoms with E-state index in [4.69, 9.17) is 9.72 Å². The van der Waals surface area contributed by atoms with Crippen molar-refractivity contribution in [1.82, 2.24) is 14.9 Å². The number of benzene rings is 2. The van der Waals surface area contributed by atoms with Crippen LogP contribution in [0.25, 0.3) is 22.2 Å². The monoisotopic (exact) mass is 441 g/mol. The van der Waals surface area contributed by atoms with E-state index < -0.39 is 5.60 Å². The number of hydrogen-bond donors (Lipinski definition) is 1. The second-order valence-corrected chi connectivity index (χ2v) is 9.11. The summed E-state index contributed by atoms with van der Waals surface area (Å²) in [7, 11) is 0. The van der Waals surface area contributed by atoms with Crippen molar-refractivity contribution in [3.8, 4) is 11.1 Å². The number of carbonyl (C=O) groups excluding carboxylic acids is 1. The average molecular weight is 442 g/mol. The summed E-state index contributed by atoms with van der Waals surface area (Å²) in [5, 5.41) is 0. The number of likely N-dealkylation sites (tertiary alicyclic amines) is 1. The Hall–Kier alpha value is -2.34. The Morgan fingerprint density at radius 1 is 1.18 bits per heavy atom. The molecular weight excluding hydrogens is 418 g/mol. The van der Waals surface area contributed by atoms with Gasteiger partial charge < -0.3 is 9.72 Å². The lowest BCUT2D eigenvalue weighted by Crippen LogP contribution is -2.36. The molecule has 1 fully saturated rings. The molecule has 1 aromatic heterocycles. The predicted molar refractivity (Wildman–Crippen MR) is 114 cm³/mol. The highest BCUT2D eigenvalue weighted by Crippen LogP contribution is 2.33. The first-order chi connectivity index (χ1) is 13.3. The van der Waals surface area contributed by atoms with Crippen LogP contribution >= 0.6 is 15.9 Å². The Bertz CT molecular complexity index is 1000. The first-order valence-corrected chi connectivity index (χ1v) is 10.3. The first kappa shape index (κ1) is 19.0. The molecule has 2 heterocycles. The number of fused-ring (bicyclic) bond motifs is 1. The van der Waals surface area contributed by atoms with Crippen molar-refractivity contribution in [2.45, 2.75) is 45.3 Å². The van der Waals surface area contributed by atoms with Gasteiger partial charge in [-0.2, -0.15) is 0 Å². The smallest absolute Gasteiger partial charge is 0.410 e. The molecule has 0 bridgehead atoms. The minimum absolute atomic E-state index is 0.0709. The SMILES string of the molecule is CC(C)(C)OC(=O)N1CCCC1c1nc2ccc(-c3ccc(Br)cc3)cc2[nH]1. The van der Waals surface area contributed by atoms with E-state index in [9.17, 15) is 4.79 Å². The number of amides is 1. The van der Waals surface area contributed by atoms with Crippen molar-refractivity contribution in [1.29, 1.82) is 0 Å². The maximum atomic E-state index is 12.6. The maximum Gasteiger partial charge on any atom is 0.410 e. The normalized spacial score (nSPS) is 17.3. The van der Waals surface area contributed by atoms with Crippen LogP contribution in [0, 0.1) is 0 Å². The number of hydrogen-bond acceptors (Lipinski definition) is 3. The molecule has 0 spiro atoms. The van der Waals surface area contributed by atoms with Crippen LogP contribution in [0.4, 0.5) is 4.79 Å². The molecule has 28 heavy (non-hydrogen) atoms. The van der Waals surface area contributed by atoms with Gasteiger partial charge in [-0.05, 0) is 69.0 Å². The van der Waals surface area contributed by atoms with Crippen molar-refractivity contribution in [2.24, 2.45) is 0 Å². The molecule has 0 saturated carbocycles. The van der Waals surface area contributed by atoms with Crippen LogP contribution in [0.2, 0.25) is 0 Å². The summed E-state index contributed by atoms with van der Waals surface area (Å²) in [4.78, 5) is 22.6. The van der Waals surface area contributed by atoms with Gasteiger partial charge in [0.2, 0.25) is 0 Å². The van der Waals surface area contributed by atoms with E-state index in [0.717, 1.165) is 45.3 Å². The number of nitrogens with one attached hydrogen (secondary N) is 1. The molecule has 2 aromatic carbocycles. The number of ether oxygens (including phenoxy) is 1. The van der Waals surface area contributed by atoms with Gasteiger partial charge in [0.15, 0.2) is 0 Å². The van der Waals surface area contributed by atoms with E-state index in [-0.39, 0.29) is 12.1 Å². The third kappa shape index (κ3) is 3.92. The number of rotatable bonds is 2. The quantitative estimate of drug-likeness (QED) is 0.525. The summed E-state index contributed by atoms with van der Waals surface area (Å²) in [6, 6.07) is 14.4. The van der Waals surface area contributed by atoms with Crippen LogP contribution in [-0.4, -0.2) is 33.1 Å². The molecule has 5 nitrogen and oxygen atoms in total. The van der Waals surface area contributed by atoms with Gasteiger partial charge in [0.1, 0.15) is 11.4 Å². The molecule has 1 unspecified atom stereocenters. The van der Waals surface area contributed by atoms with Crippen LogP contribution in [-0.2, 0) is 4.74 Å². The van der Waals surface area contributed by atoms with Gasteiger partial charge in [0.25, 0.3) is 0 Å². The highest BCUT2D eigenvalue weighted by atomic mass is 79.9. The standard InChI is InChI=1S/C22H24BrN3O2/c1-22(2,3)28-21(27)26-12-4-5-19(26)20-24-17-11-8-15(13-18(17)25-20)14-6-9-16(23)10-7-14/h6-11,13,19H,4-5,12H2,1-3H3,(H,24,25). The zero-order chi connectivity index (χ0) is 19.9. The van der Waals surface area contributed by atoms with E-state index in [1.165, 1.54) is 0 Å². The number of imidazole rings is 1. The van der Waals surface area contributed by atoms with Gasteiger partial charge in [-0.1, -0.05) is 34.1 Å². The second kappa shape index (κ2) is 7.24. The molecule has 0 aliphatic carbocycles. The Balaban J connectivity index is 1.62. The van der Waals surface area contributed by atoms with Crippen molar-refractivity contribution in [3.63, 3.8) is 0 Å². The molecule has 3 aromatic rings. The van der Waals surface area contributed by atoms with Gasteiger partial charge in [0.05, 0.1) is 17.1 Å². The molecule has 1 amide bonds. The Morgan fingerprint density at radius 3 is 2.61 bits per heavy atom. The fourth-order valence-electron chi connectivity index (χ4n) is 3.60. The van der Waals surface area contributed by atoms with Gasteiger partial charge >= 0.3 is 6.09 Å². The fourth-order valence-corrected chi connectivity index (χ4v) is 3.86. The zero-order valence-electron chi connectivity index (χ0n) is 16.3. The summed E-state index contributed by atoms with van der Waals surface area (Å²) in [6.45, 7) is 6.36. The summed E-state index contributed by atoms with van der Waals surface area (Å²) in [5.74, 6) is 0.825. The molecular formula is C22H24BrN3O2. The number of nitrogens with zero attached hydrogens (tertiary/aromatic N) is 2. The lowest BCUT2D eigenvalue weighted by molar-refractivity contribution is 0.0219. The van der Waals surface area contributed by atoms with Crippen molar-refractivity contribution in [3.05, 3.63) is 52.8 Å². The molecule has 1 N–H and O–H groups in total. The maximum absolute atomic E-state index is 12.6. The molecule has 1 saturated heterocycles. The first-order valence-electron chi connectivity index (χ1n) is 9.55. The molecule has 4 rings (SSSR count). The van der Waals surface area contributed by atoms with Crippen molar-refractivity contribution in [2.75, 3.05) is 6.54 Å². The summed E-state index contributed by atoms with van der Waals surface area (Å²) in [6.07, 6.45) is 1.56. The Labute approximate surface area is 173 Å². The van der Waals surface area contributed by atoms with Crippen LogP contribution in [0.5, 0.6) is 0 Å². The van der Waals surface area contributed by atoms with Crippen molar-refractivity contribution >= 4 is 33.1 Å². The lowest BCUT2D eigenvalue weighted by atomic mass is 10.1. The van der Waals surface area contributed by atoms with E-state index >= 15 is 0 Å². The number of carbonyl (C=O) groups is 1. The summed E-state index contributed by atoms with van der Waals surface area (Å²) < 4.78 is 6.64. The van der Waals surface area contributed by atoms with Crippen LogP contribution in [0.1, 0.15) is 45.5 Å². The highest BCUT2D eigenvalue weighted by molar-refractivity contribution is 9.10. The largest absolute Gasteiger partial charge is 0.444 e. The molecule has 6 heteroatoms. The minimum Gasteiger partial charge on any atom is -0.444 e. The van der Waals surface area contributed by atoms with Crippen LogP contribution in [0.15, 0.2) is 46.9 Å². The average Bonchev–Trinajstić information content (AvgIpc) is 3.27. The predicted octanol–water partition coefficient (Wildman–Crippen LogP) is 6.06. The Kier molecular flexibility index (Phi) is 4.91.